The highest BCUT2D eigenvalue weighted by Crippen LogP contribution is 2.27. The third kappa shape index (κ3) is 4.52. The van der Waals surface area contributed by atoms with Gasteiger partial charge in [-0.15, -0.1) is 0 Å². The molecule has 0 saturated carbocycles. The molecular formula is C18H16Cl2N4O4. The van der Waals surface area contributed by atoms with Gasteiger partial charge < -0.3 is 15.5 Å². The molecule has 1 saturated heterocycles. The fourth-order valence-corrected chi connectivity index (χ4v) is 3.32. The topological polar surface area (TPSA) is 105 Å². The van der Waals surface area contributed by atoms with Gasteiger partial charge in [0.1, 0.15) is 6.04 Å². The molecule has 2 aromatic carbocycles. The Kier molecular flexibility index (Phi) is 6.01. The Morgan fingerprint density at radius 3 is 2.68 bits per heavy atom. The molecule has 3 amide bonds. The lowest BCUT2D eigenvalue weighted by Crippen LogP contribution is -2.45. The van der Waals surface area contributed by atoms with Crippen LogP contribution in [0.3, 0.4) is 0 Å². The van der Waals surface area contributed by atoms with Crippen LogP contribution in [0, 0.1) is 10.1 Å². The molecule has 0 spiro atoms. The molecule has 1 heterocycles. The first-order valence-corrected chi connectivity index (χ1v) is 9.19. The minimum Gasteiger partial charge on any atom is -0.323 e. The molecule has 0 aromatic heterocycles. The number of nitrogens with zero attached hydrogens (tertiary/aromatic N) is 2. The SMILES string of the molecule is O=C(Nc1cc(Cl)ccc1Cl)[C@H]1CCCN1C(=O)Nc1cccc([N+](=O)[O-])c1. The number of amides is 3. The zero-order chi connectivity index (χ0) is 20.3. The number of halogens is 2. The molecule has 10 heteroatoms. The number of urea groups is 1. The second-order valence-corrected chi connectivity index (χ2v) is 7.05. The van der Waals surface area contributed by atoms with Crippen LogP contribution in [0.2, 0.25) is 10.0 Å². The van der Waals surface area contributed by atoms with E-state index in [1.807, 2.05) is 0 Å². The Bertz CT molecular complexity index is 938. The third-order valence-electron chi connectivity index (χ3n) is 4.31. The lowest BCUT2D eigenvalue weighted by molar-refractivity contribution is -0.384. The number of hydrogen-bond acceptors (Lipinski definition) is 4. The average Bonchev–Trinajstić information content (AvgIpc) is 3.15. The molecule has 2 N–H and O–H groups in total. The molecule has 0 aliphatic carbocycles. The highest BCUT2D eigenvalue weighted by molar-refractivity contribution is 6.35. The summed E-state index contributed by atoms with van der Waals surface area (Å²) in [5, 5.41) is 16.9. The number of hydrogen-bond donors (Lipinski definition) is 2. The van der Waals surface area contributed by atoms with E-state index in [1.165, 1.54) is 29.2 Å². The van der Waals surface area contributed by atoms with Crippen LogP contribution in [0.25, 0.3) is 0 Å². The van der Waals surface area contributed by atoms with Gasteiger partial charge >= 0.3 is 6.03 Å². The molecule has 1 atom stereocenters. The quantitative estimate of drug-likeness (QED) is 0.557. The molecule has 146 valence electrons. The molecule has 0 unspecified atom stereocenters. The van der Waals surface area contributed by atoms with Gasteiger partial charge in [0, 0.05) is 29.4 Å². The maximum atomic E-state index is 12.7. The number of rotatable bonds is 4. The number of non-ortho nitro benzene ring substituents is 1. The molecule has 0 radical (unpaired) electrons. The summed E-state index contributed by atoms with van der Waals surface area (Å²) in [5.41, 5.74) is 0.511. The fraction of sp³-hybridized carbons (Fsp3) is 0.222. The lowest BCUT2D eigenvalue weighted by Gasteiger charge is -2.24. The van der Waals surface area contributed by atoms with Crippen LogP contribution < -0.4 is 10.6 Å². The molecular weight excluding hydrogens is 407 g/mol. The predicted molar refractivity (Wildman–Crippen MR) is 107 cm³/mol. The third-order valence-corrected chi connectivity index (χ3v) is 4.88. The van der Waals surface area contributed by atoms with Crippen LogP contribution >= 0.6 is 23.2 Å². The van der Waals surface area contributed by atoms with Crippen molar-refractivity contribution in [2.75, 3.05) is 17.2 Å². The Labute approximate surface area is 170 Å². The Morgan fingerprint density at radius 1 is 1.14 bits per heavy atom. The van der Waals surface area contributed by atoms with Crippen molar-refractivity contribution in [3.05, 3.63) is 62.6 Å². The van der Waals surface area contributed by atoms with Crippen LogP contribution in [-0.4, -0.2) is 34.3 Å². The number of nitro benzene ring substituents is 1. The summed E-state index contributed by atoms with van der Waals surface area (Å²) in [6, 6.07) is 9.12. The van der Waals surface area contributed by atoms with E-state index in [4.69, 9.17) is 23.2 Å². The molecule has 1 aliphatic rings. The van der Waals surface area contributed by atoms with Gasteiger partial charge in [-0.1, -0.05) is 29.3 Å². The van der Waals surface area contributed by atoms with E-state index < -0.39 is 17.0 Å². The van der Waals surface area contributed by atoms with Gasteiger partial charge in [0.25, 0.3) is 5.69 Å². The minimum atomic E-state index is -0.686. The van der Waals surface area contributed by atoms with Gasteiger partial charge in [0.2, 0.25) is 5.91 Å². The van der Waals surface area contributed by atoms with E-state index in [0.717, 1.165) is 0 Å². The van der Waals surface area contributed by atoms with Crippen LogP contribution in [0.5, 0.6) is 0 Å². The van der Waals surface area contributed by atoms with E-state index in [9.17, 15) is 19.7 Å². The molecule has 2 aromatic rings. The van der Waals surface area contributed by atoms with Crippen molar-refractivity contribution in [3.63, 3.8) is 0 Å². The van der Waals surface area contributed by atoms with E-state index in [1.54, 1.807) is 18.2 Å². The van der Waals surface area contributed by atoms with Gasteiger partial charge in [-0.2, -0.15) is 0 Å². The van der Waals surface area contributed by atoms with Crippen molar-refractivity contribution in [2.45, 2.75) is 18.9 Å². The van der Waals surface area contributed by atoms with E-state index >= 15 is 0 Å². The van der Waals surface area contributed by atoms with Gasteiger partial charge in [-0.3, -0.25) is 14.9 Å². The van der Waals surface area contributed by atoms with Crippen LogP contribution in [-0.2, 0) is 4.79 Å². The smallest absolute Gasteiger partial charge is 0.322 e. The molecule has 3 rings (SSSR count). The highest BCUT2D eigenvalue weighted by atomic mass is 35.5. The van der Waals surface area contributed by atoms with Crippen LogP contribution in [0.4, 0.5) is 21.9 Å². The van der Waals surface area contributed by atoms with Crippen molar-refractivity contribution >= 4 is 52.2 Å². The second kappa shape index (κ2) is 8.45. The Balaban J connectivity index is 1.70. The van der Waals surface area contributed by atoms with Crippen molar-refractivity contribution in [1.82, 2.24) is 4.90 Å². The molecule has 0 bridgehead atoms. The lowest BCUT2D eigenvalue weighted by atomic mass is 10.2. The number of nitrogens with one attached hydrogen (secondary N) is 2. The van der Waals surface area contributed by atoms with Gasteiger partial charge in [-0.25, -0.2) is 4.79 Å². The normalized spacial score (nSPS) is 15.9. The average molecular weight is 423 g/mol. The van der Waals surface area contributed by atoms with Crippen molar-refractivity contribution in [1.29, 1.82) is 0 Å². The molecule has 1 aliphatic heterocycles. The van der Waals surface area contributed by atoms with Crippen LogP contribution in [0.1, 0.15) is 12.8 Å². The Morgan fingerprint density at radius 2 is 1.93 bits per heavy atom. The zero-order valence-electron chi connectivity index (χ0n) is 14.5. The molecule has 28 heavy (non-hydrogen) atoms. The van der Waals surface area contributed by atoms with E-state index in [2.05, 4.69) is 10.6 Å². The maximum absolute atomic E-state index is 12.7. The van der Waals surface area contributed by atoms with Gasteiger partial charge in [-0.05, 0) is 37.1 Å². The number of likely N-dealkylation sites (tertiary alicyclic amines) is 1. The minimum absolute atomic E-state index is 0.135. The summed E-state index contributed by atoms with van der Waals surface area (Å²) in [4.78, 5) is 37.0. The maximum Gasteiger partial charge on any atom is 0.322 e. The Hall–Kier alpha value is -2.84. The number of benzene rings is 2. The van der Waals surface area contributed by atoms with Crippen molar-refractivity contribution < 1.29 is 14.5 Å². The number of nitro groups is 1. The van der Waals surface area contributed by atoms with Gasteiger partial charge in [0.15, 0.2) is 0 Å². The first-order chi connectivity index (χ1) is 13.3. The van der Waals surface area contributed by atoms with Crippen molar-refractivity contribution in [3.8, 4) is 0 Å². The summed E-state index contributed by atoms with van der Waals surface area (Å²) in [7, 11) is 0. The van der Waals surface area contributed by atoms with Gasteiger partial charge in [0.05, 0.1) is 15.6 Å². The first-order valence-electron chi connectivity index (χ1n) is 8.43. The summed E-state index contributed by atoms with van der Waals surface area (Å²) in [6.45, 7) is 0.391. The summed E-state index contributed by atoms with van der Waals surface area (Å²) < 4.78 is 0. The number of carbonyl (C=O) groups excluding carboxylic acids is 2. The van der Waals surface area contributed by atoms with Crippen molar-refractivity contribution in [2.24, 2.45) is 0 Å². The van der Waals surface area contributed by atoms with E-state index in [0.29, 0.717) is 35.1 Å². The predicted octanol–water partition coefficient (Wildman–Crippen LogP) is 4.54. The molecule has 8 nitrogen and oxygen atoms in total. The molecule has 1 fully saturated rings. The standard InChI is InChI=1S/C18H16Cl2N4O4/c19-11-6-7-14(20)15(9-11)22-17(25)16-5-2-8-23(16)18(26)21-12-3-1-4-13(10-12)24(27)28/h1,3-4,6-7,9-10,16H,2,5,8H2,(H,21,26)(H,22,25)/t16-/m1/s1. The summed E-state index contributed by atoms with van der Waals surface area (Å²) in [6.07, 6.45) is 1.15. The number of anilines is 2. The van der Waals surface area contributed by atoms with Crippen LogP contribution in [0.15, 0.2) is 42.5 Å². The monoisotopic (exact) mass is 422 g/mol. The largest absolute Gasteiger partial charge is 0.323 e. The first kappa shape index (κ1) is 19.9. The zero-order valence-corrected chi connectivity index (χ0v) is 16.0. The fourth-order valence-electron chi connectivity index (χ4n) is 2.98. The van der Waals surface area contributed by atoms with E-state index in [-0.39, 0.29) is 17.3 Å². The number of carbonyl (C=O) groups is 2. The summed E-state index contributed by atoms with van der Waals surface area (Å²) >= 11 is 12.0. The summed E-state index contributed by atoms with van der Waals surface area (Å²) in [5.74, 6) is -0.379. The highest BCUT2D eigenvalue weighted by Gasteiger charge is 2.34. The second-order valence-electron chi connectivity index (χ2n) is 6.20.